The lowest BCUT2D eigenvalue weighted by atomic mass is 10.2. The fraction of sp³-hybridized carbons (Fsp3) is 0.300. The maximum Gasteiger partial charge on any atom is 0.109 e. The van der Waals surface area contributed by atoms with Crippen molar-refractivity contribution in [2.45, 2.75) is 6.42 Å². The van der Waals surface area contributed by atoms with Crippen molar-refractivity contribution in [2.24, 2.45) is 0 Å². The van der Waals surface area contributed by atoms with Gasteiger partial charge in [-0.1, -0.05) is 11.8 Å². The lowest BCUT2D eigenvalue weighted by Gasteiger charge is -2.11. The molecule has 14 heavy (non-hydrogen) atoms. The van der Waals surface area contributed by atoms with E-state index in [2.05, 4.69) is 16.6 Å². The molecule has 3 nitrogen and oxygen atoms in total. The van der Waals surface area contributed by atoms with E-state index in [0.29, 0.717) is 11.5 Å². The highest BCUT2D eigenvalue weighted by Gasteiger charge is 2.12. The lowest BCUT2D eigenvalue weighted by molar-refractivity contribution is 0.738. The van der Waals surface area contributed by atoms with Crippen molar-refractivity contribution in [1.29, 1.82) is 5.41 Å². The second-order valence-electron chi connectivity index (χ2n) is 2.67. The lowest BCUT2D eigenvalue weighted by Crippen LogP contribution is -2.26. The molecule has 1 aliphatic rings. The van der Waals surface area contributed by atoms with E-state index < -0.39 is 0 Å². The van der Waals surface area contributed by atoms with Gasteiger partial charge in [-0.15, -0.1) is 12.3 Å². The first kappa shape index (κ1) is 10.7. The van der Waals surface area contributed by atoms with Crippen LogP contribution in [-0.2, 0) is 0 Å². The summed E-state index contributed by atoms with van der Waals surface area (Å²) in [6, 6.07) is 0. The predicted octanol–water partition coefficient (Wildman–Crippen LogP) is 1.27. The van der Waals surface area contributed by atoms with Crippen LogP contribution in [-0.4, -0.2) is 18.6 Å². The standard InChI is InChI=1S/C10H13N3S/c1-3-4-6-13-10(12-2)8-5-7-14-9(8)11/h1,5,7,11-13H,4,6H2,2H3/b10-8+,11-9?. The number of thioether (sulfide) groups is 1. The smallest absolute Gasteiger partial charge is 0.109 e. The Morgan fingerprint density at radius 1 is 1.71 bits per heavy atom. The SMILES string of the molecule is C#CCCN/C(NC)=C1\C=CSC1=N. The molecule has 0 aromatic carbocycles. The molecular formula is C10H13N3S. The monoisotopic (exact) mass is 207 g/mol. The van der Waals surface area contributed by atoms with Gasteiger partial charge in [-0.3, -0.25) is 5.41 Å². The number of nitrogens with one attached hydrogen (secondary N) is 3. The second kappa shape index (κ2) is 5.40. The van der Waals surface area contributed by atoms with Crippen LogP contribution in [0.2, 0.25) is 0 Å². The van der Waals surface area contributed by atoms with Crippen LogP contribution < -0.4 is 10.6 Å². The van der Waals surface area contributed by atoms with Gasteiger partial charge in [-0.2, -0.15) is 0 Å². The molecule has 0 saturated carbocycles. The molecule has 0 aliphatic carbocycles. The molecule has 0 radical (unpaired) electrons. The van der Waals surface area contributed by atoms with Gasteiger partial charge in [0.15, 0.2) is 0 Å². The average molecular weight is 207 g/mol. The van der Waals surface area contributed by atoms with Crippen molar-refractivity contribution in [3.63, 3.8) is 0 Å². The Labute approximate surface area is 88.5 Å². The topological polar surface area (TPSA) is 47.9 Å². The van der Waals surface area contributed by atoms with Crippen LogP contribution in [0.15, 0.2) is 22.9 Å². The summed E-state index contributed by atoms with van der Waals surface area (Å²) in [6.07, 6.45) is 7.75. The highest BCUT2D eigenvalue weighted by molar-refractivity contribution is 8.17. The minimum Gasteiger partial charge on any atom is -0.374 e. The van der Waals surface area contributed by atoms with Gasteiger partial charge in [0.25, 0.3) is 0 Å². The maximum absolute atomic E-state index is 7.64. The zero-order valence-electron chi connectivity index (χ0n) is 8.05. The first-order chi connectivity index (χ1) is 6.79. The molecule has 0 unspecified atom stereocenters. The van der Waals surface area contributed by atoms with Crippen molar-refractivity contribution in [3.05, 3.63) is 22.9 Å². The number of rotatable bonds is 4. The molecular weight excluding hydrogens is 194 g/mol. The Balaban J connectivity index is 2.65. The number of hydrogen-bond acceptors (Lipinski definition) is 4. The van der Waals surface area contributed by atoms with E-state index in [4.69, 9.17) is 11.8 Å². The van der Waals surface area contributed by atoms with E-state index in [1.165, 1.54) is 11.8 Å². The Kier molecular flexibility index (Phi) is 4.14. The Hall–Kier alpha value is -1.34. The summed E-state index contributed by atoms with van der Waals surface area (Å²) in [5.74, 6) is 3.43. The molecule has 0 fully saturated rings. The zero-order chi connectivity index (χ0) is 10.4. The molecule has 1 heterocycles. The van der Waals surface area contributed by atoms with Crippen molar-refractivity contribution in [1.82, 2.24) is 10.6 Å². The number of terminal acetylenes is 1. The normalized spacial score (nSPS) is 17.9. The van der Waals surface area contributed by atoms with Crippen LogP contribution in [0.3, 0.4) is 0 Å². The highest BCUT2D eigenvalue weighted by Crippen LogP contribution is 2.23. The van der Waals surface area contributed by atoms with Crippen LogP contribution in [0.4, 0.5) is 0 Å². The molecule has 0 aromatic rings. The molecule has 1 rings (SSSR count). The fourth-order valence-electron chi connectivity index (χ4n) is 1.08. The quantitative estimate of drug-likeness (QED) is 0.480. The van der Waals surface area contributed by atoms with Crippen molar-refractivity contribution >= 4 is 16.8 Å². The summed E-state index contributed by atoms with van der Waals surface area (Å²) < 4.78 is 0. The molecule has 4 heteroatoms. The van der Waals surface area contributed by atoms with Gasteiger partial charge in [0.2, 0.25) is 0 Å². The molecule has 0 aromatic heterocycles. The maximum atomic E-state index is 7.64. The fourth-order valence-corrected chi connectivity index (χ4v) is 1.72. The summed E-state index contributed by atoms with van der Waals surface area (Å²) in [7, 11) is 1.83. The van der Waals surface area contributed by atoms with Gasteiger partial charge in [0.1, 0.15) is 10.9 Å². The zero-order valence-corrected chi connectivity index (χ0v) is 8.87. The van der Waals surface area contributed by atoms with E-state index >= 15 is 0 Å². The Morgan fingerprint density at radius 2 is 2.50 bits per heavy atom. The summed E-state index contributed by atoms with van der Waals surface area (Å²) in [6.45, 7) is 0.724. The van der Waals surface area contributed by atoms with Crippen LogP contribution >= 0.6 is 11.8 Å². The van der Waals surface area contributed by atoms with Crippen molar-refractivity contribution in [3.8, 4) is 12.3 Å². The van der Waals surface area contributed by atoms with Crippen LogP contribution in [0.1, 0.15) is 6.42 Å². The van der Waals surface area contributed by atoms with Crippen molar-refractivity contribution in [2.75, 3.05) is 13.6 Å². The molecule has 3 N–H and O–H groups in total. The molecule has 1 aliphatic heterocycles. The van der Waals surface area contributed by atoms with Gasteiger partial charge >= 0.3 is 0 Å². The Morgan fingerprint density at radius 3 is 3.00 bits per heavy atom. The van der Waals surface area contributed by atoms with Gasteiger partial charge in [-0.25, -0.2) is 0 Å². The van der Waals surface area contributed by atoms with Crippen LogP contribution in [0.25, 0.3) is 0 Å². The van der Waals surface area contributed by atoms with Crippen molar-refractivity contribution < 1.29 is 0 Å². The van der Waals surface area contributed by atoms with E-state index in [0.717, 1.165) is 17.9 Å². The second-order valence-corrected chi connectivity index (χ2v) is 3.59. The van der Waals surface area contributed by atoms with Crippen LogP contribution in [0, 0.1) is 17.8 Å². The van der Waals surface area contributed by atoms with Gasteiger partial charge < -0.3 is 10.6 Å². The summed E-state index contributed by atoms with van der Waals surface area (Å²) >= 11 is 1.41. The first-order valence-electron chi connectivity index (χ1n) is 4.31. The summed E-state index contributed by atoms with van der Waals surface area (Å²) in [5.41, 5.74) is 0.898. The van der Waals surface area contributed by atoms with E-state index in [1.807, 2.05) is 18.5 Å². The molecule has 0 saturated heterocycles. The van der Waals surface area contributed by atoms with E-state index in [1.54, 1.807) is 0 Å². The third kappa shape index (κ3) is 2.57. The molecule has 0 atom stereocenters. The minimum atomic E-state index is 0.558. The third-order valence-electron chi connectivity index (χ3n) is 1.76. The minimum absolute atomic E-state index is 0.558. The average Bonchev–Trinajstić information content (AvgIpc) is 2.60. The molecule has 0 bridgehead atoms. The third-order valence-corrected chi connectivity index (χ3v) is 2.48. The molecule has 0 amide bonds. The molecule has 74 valence electrons. The predicted molar refractivity (Wildman–Crippen MR) is 62.0 cm³/mol. The summed E-state index contributed by atoms with van der Waals surface area (Å²) in [5, 5.41) is 16.3. The van der Waals surface area contributed by atoms with Gasteiger partial charge in [0.05, 0.1) is 0 Å². The first-order valence-corrected chi connectivity index (χ1v) is 5.19. The number of hydrogen-bond donors (Lipinski definition) is 3. The van der Waals surface area contributed by atoms with Gasteiger partial charge in [0, 0.05) is 25.6 Å². The Bertz CT molecular complexity index is 323. The molecule has 0 spiro atoms. The van der Waals surface area contributed by atoms with Gasteiger partial charge in [-0.05, 0) is 11.5 Å². The highest BCUT2D eigenvalue weighted by atomic mass is 32.2. The largest absolute Gasteiger partial charge is 0.374 e. The van der Waals surface area contributed by atoms with E-state index in [9.17, 15) is 0 Å². The van der Waals surface area contributed by atoms with E-state index in [-0.39, 0.29) is 0 Å². The van der Waals surface area contributed by atoms with Crippen LogP contribution in [0.5, 0.6) is 0 Å². The number of allylic oxidation sites excluding steroid dienone is 1. The summed E-state index contributed by atoms with van der Waals surface area (Å²) in [4.78, 5) is 0.